The quantitative estimate of drug-likeness (QED) is 0.192. The summed E-state index contributed by atoms with van der Waals surface area (Å²) in [4.78, 5) is 33.1. The average Bonchev–Trinajstić information content (AvgIpc) is 3.01. The average molecular weight is 726 g/mol. The van der Waals surface area contributed by atoms with Gasteiger partial charge in [0, 0.05) is 21.8 Å². The number of para-hydroxylation sites is 2. The SMILES string of the molecule is Cc1c(-c2ccccc2)nc2ccc(Br)cc2c1C(=O)NC12CCC(C(=O)OC(C)(C)C)(CC1)CC2Oc1ccccc1OC(F)(F)F. The van der Waals surface area contributed by atoms with E-state index < -0.39 is 34.8 Å². The molecule has 252 valence electrons. The van der Waals surface area contributed by atoms with Gasteiger partial charge in [-0.15, -0.1) is 13.2 Å². The number of halogens is 4. The largest absolute Gasteiger partial charge is 0.573 e. The van der Waals surface area contributed by atoms with Crippen molar-refractivity contribution in [1.82, 2.24) is 10.3 Å². The zero-order chi connectivity index (χ0) is 34.5. The highest BCUT2D eigenvalue weighted by Gasteiger charge is 2.60. The van der Waals surface area contributed by atoms with Gasteiger partial charge >= 0.3 is 12.3 Å². The number of pyridine rings is 1. The molecule has 0 spiro atoms. The molecule has 11 heteroatoms. The Morgan fingerprint density at radius 3 is 2.21 bits per heavy atom. The van der Waals surface area contributed by atoms with Gasteiger partial charge in [-0.1, -0.05) is 58.4 Å². The number of rotatable bonds is 7. The number of ether oxygens (including phenoxy) is 3. The van der Waals surface area contributed by atoms with Crippen LogP contribution >= 0.6 is 15.9 Å². The molecule has 3 aliphatic rings. The highest BCUT2D eigenvalue weighted by molar-refractivity contribution is 9.10. The number of aromatic nitrogens is 1. The van der Waals surface area contributed by atoms with Gasteiger partial charge in [-0.3, -0.25) is 9.59 Å². The molecule has 48 heavy (non-hydrogen) atoms. The number of hydrogen-bond donors (Lipinski definition) is 1. The maximum Gasteiger partial charge on any atom is 0.573 e. The second-order valence-corrected chi connectivity index (χ2v) is 14.6. The molecule has 3 aliphatic carbocycles. The third-order valence-corrected chi connectivity index (χ3v) is 9.79. The monoisotopic (exact) mass is 724 g/mol. The first-order valence-electron chi connectivity index (χ1n) is 15.8. The molecule has 4 aromatic rings. The lowest BCUT2D eigenvalue weighted by atomic mass is 9.55. The maximum atomic E-state index is 14.6. The Morgan fingerprint density at radius 2 is 1.56 bits per heavy atom. The lowest BCUT2D eigenvalue weighted by Gasteiger charge is -2.56. The van der Waals surface area contributed by atoms with Crippen molar-refractivity contribution in [1.29, 1.82) is 0 Å². The predicted octanol–water partition coefficient (Wildman–Crippen LogP) is 9.09. The van der Waals surface area contributed by atoms with Crippen molar-refractivity contribution >= 4 is 38.7 Å². The summed E-state index contributed by atoms with van der Waals surface area (Å²) in [6, 6.07) is 20.7. The number of benzene rings is 3. The first kappa shape index (κ1) is 33.8. The molecule has 7 nitrogen and oxygen atoms in total. The van der Waals surface area contributed by atoms with Gasteiger partial charge in [-0.05, 0) is 89.3 Å². The van der Waals surface area contributed by atoms with Crippen molar-refractivity contribution in [2.75, 3.05) is 0 Å². The fraction of sp³-hybridized carbons (Fsp3) is 0.378. The second-order valence-electron chi connectivity index (χ2n) is 13.7. The Hall–Kier alpha value is -4.12. The second kappa shape index (κ2) is 12.4. The molecule has 1 N–H and O–H groups in total. The van der Waals surface area contributed by atoms with Crippen molar-refractivity contribution in [3.05, 3.63) is 88.4 Å². The van der Waals surface area contributed by atoms with Crippen molar-refractivity contribution in [2.24, 2.45) is 5.41 Å². The van der Waals surface area contributed by atoms with Gasteiger partial charge in [0.15, 0.2) is 11.5 Å². The fourth-order valence-electron chi connectivity index (χ4n) is 6.98. The van der Waals surface area contributed by atoms with Crippen molar-refractivity contribution in [3.8, 4) is 22.8 Å². The Balaban J connectivity index is 1.42. The van der Waals surface area contributed by atoms with Crippen LogP contribution in [0.1, 0.15) is 68.8 Å². The molecule has 7 rings (SSSR count). The molecular weight excluding hydrogens is 689 g/mol. The van der Waals surface area contributed by atoms with E-state index in [0.29, 0.717) is 53.4 Å². The third kappa shape index (κ3) is 6.74. The number of amides is 1. The van der Waals surface area contributed by atoms with E-state index in [-0.39, 0.29) is 24.0 Å². The van der Waals surface area contributed by atoms with Gasteiger partial charge in [0.2, 0.25) is 0 Å². The molecule has 3 saturated carbocycles. The van der Waals surface area contributed by atoms with Gasteiger partial charge < -0.3 is 19.5 Å². The normalized spacial score (nSPS) is 22.3. The number of nitrogens with zero attached hydrogens (tertiary/aromatic N) is 1. The van der Waals surface area contributed by atoms with Crippen molar-refractivity contribution in [2.45, 2.75) is 83.4 Å². The van der Waals surface area contributed by atoms with Crippen LogP contribution in [0.25, 0.3) is 22.2 Å². The predicted molar refractivity (Wildman–Crippen MR) is 179 cm³/mol. The molecule has 1 unspecified atom stereocenters. The van der Waals surface area contributed by atoms with Gasteiger partial charge in [0.1, 0.15) is 11.7 Å². The highest BCUT2D eigenvalue weighted by Crippen LogP contribution is 2.55. The van der Waals surface area contributed by atoms with Crippen LogP contribution in [0.5, 0.6) is 11.5 Å². The van der Waals surface area contributed by atoms with Gasteiger partial charge in [-0.25, -0.2) is 4.98 Å². The Kier molecular flexibility index (Phi) is 8.72. The molecule has 1 amide bonds. The minimum atomic E-state index is -4.95. The van der Waals surface area contributed by atoms with Crippen LogP contribution in [0.15, 0.2) is 77.3 Å². The van der Waals surface area contributed by atoms with E-state index in [1.807, 2.05) is 55.5 Å². The Labute approximate surface area is 285 Å². The van der Waals surface area contributed by atoms with Crippen LogP contribution in [0.3, 0.4) is 0 Å². The molecule has 1 heterocycles. The number of carbonyl (C=O) groups is 2. The molecule has 0 radical (unpaired) electrons. The molecular formula is C37H36BrF3N2O5. The maximum absolute atomic E-state index is 14.6. The topological polar surface area (TPSA) is 86.8 Å². The molecule has 1 atom stereocenters. The first-order chi connectivity index (χ1) is 22.6. The van der Waals surface area contributed by atoms with Gasteiger partial charge in [0.25, 0.3) is 5.91 Å². The summed E-state index contributed by atoms with van der Waals surface area (Å²) in [5.74, 6) is -1.39. The Bertz CT molecular complexity index is 1870. The summed E-state index contributed by atoms with van der Waals surface area (Å²) < 4.78 is 57.3. The summed E-state index contributed by atoms with van der Waals surface area (Å²) in [7, 11) is 0. The van der Waals surface area contributed by atoms with E-state index in [4.69, 9.17) is 14.5 Å². The summed E-state index contributed by atoms with van der Waals surface area (Å²) in [5, 5.41) is 3.93. The summed E-state index contributed by atoms with van der Waals surface area (Å²) in [6.07, 6.45) is -4.15. The van der Waals surface area contributed by atoms with Crippen LogP contribution in [-0.2, 0) is 9.53 Å². The van der Waals surface area contributed by atoms with Crippen molar-refractivity contribution < 1.29 is 37.0 Å². The molecule has 3 fully saturated rings. The first-order valence-corrected chi connectivity index (χ1v) is 16.6. The van der Waals surface area contributed by atoms with Crippen molar-refractivity contribution in [3.63, 3.8) is 0 Å². The van der Waals surface area contributed by atoms with E-state index in [1.165, 1.54) is 18.2 Å². The van der Waals surface area contributed by atoms with Crippen LogP contribution < -0.4 is 14.8 Å². The zero-order valence-electron chi connectivity index (χ0n) is 27.0. The number of nitrogens with one attached hydrogen (secondary N) is 1. The summed E-state index contributed by atoms with van der Waals surface area (Å²) in [5.41, 5.74) is 0.595. The van der Waals surface area contributed by atoms with Crippen LogP contribution in [0.4, 0.5) is 13.2 Å². The van der Waals surface area contributed by atoms with Gasteiger partial charge in [0.05, 0.1) is 27.7 Å². The smallest absolute Gasteiger partial charge is 0.484 e. The molecule has 0 aliphatic heterocycles. The number of fused-ring (bicyclic) bond motifs is 4. The fourth-order valence-corrected chi connectivity index (χ4v) is 7.34. The van der Waals surface area contributed by atoms with E-state index >= 15 is 0 Å². The minimum Gasteiger partial charge on any atom is -0.484 e. The molecule has 3 aromatic carbocycles. The zero-order valence-corrected chi connectivity index (χ0v) is 28.6. The van der Waals surface area contributed by atoms with Crippen LogP contribution in [-0.4, -0.2) is 40.5 Å². The number of esters is 1. The van der Waals surface area contributed by atoms with E-state index in [2.05, 4.69) is 26.0 Å². The highest BCUT2D eigenvalue weighted by atomic mass is 79.9. The molecule has 1 aromatic heterocycles. The van der Waals surface area contributed by atoms with E-state index in [0.717, 1.165) is 10.0 Å². The number of alkyl halides is 3. The van der Waals surface area contributed by atoms with Crippen LogP contribution in [0.2, 0.25) is 0 Å². The Morgan fingerprint density at radius 1 is 0.917 bits per heavy atom. The lowest BCUT2D eigenvalue weighted by molar-refractivity contribution is -0.275. The van der Waals surface area contributed by atoms with E-state index in [1.54, 1.807) is 26.8 Å². The number of hydrogen-bond acceptors (Lipinski definition) is 6. The molecule has 0 saturated heterocycles. The number of carbonyl (C=O) groups excluding carboxylic acids is 2. The van der Waals surface area contributed by atoms with Crippen LogP contribution in [0, 0.1) is 12.3 Å². The summed E-state index contributed by atoms with van der Waals surface area (Å²) >= 11 is 3.53. The van der Waals surface area contributed by atoms with E-state index in [9.17, 15) is 22.8 Å². The minimum absolute atomic E-state index is 0.138. The summed E-state index contributed by atoms with van der Waals surface area (Å²) in [6.45, 7) is 7.23. The standard InChI is InChI=1S/C37H36BrF3N2O5/c1-22-30(25-20-24(38)14-15-26(25)42-31(22)23-10-6-5-7-11-23)32(44)43-36-18-16-35(17-19-36,33(45)48-34(2,3)4)21-29(36)46-27-12-8-9-13-28(27)47-37(39,40)41/h5-15,20,29H,16-19,21H2,1-4H3,(H,43,44). The van der Waals surface area contributed by atoms with Gasteiger partial charge in [-0.2, -0.15) is 0 Å². The lowest BCUT2D eigenvalue weighted by Crippen LogP contribution is -2.67. The molecule has 2 bridgehead atoms. The third-order valence-electron chi connectivity index (χ3n) is 9.29.